The number of hydrogen-bond donors (Lipinski definition) is 1. The Morgan fingerprint density at radius 1 is 0.827 bits per heavy atom. The molecule has 0 radical (unpaired) electrons. The maximum atomic E-state index is 14.8. The minimum atomic E-state index is -0.739. The number of phenolic OH excluding ortho intramolecular Hbond substituents is 1. The highest BCUT2D eigenvalue weighted by molar-refractivity contribution is 5.89. The first-order valence-corrected chi connectivity index (χ1v) is 18.3. The van der Waals surface area contributed by atoms with Crippen LogP contribution in [0.3, 0.4) is 0 Å². The number of methoxy groups -OCH3 is 4. The lowest BCUT2D eigenvalue weighted by molar-refractivity contribution is -0.163. The standard InChI is InChI=1S/C42H53NO9/c1-6-23-51-32-16-12-15-30(25-32)34(20-18-28-19-21-35(47-2)36(24-28)48-3)52-42(46)33-17-10-11-22-43(33)41(45)39(29-13-8-7-9-14-29)31-26-37(49-4)40(44)38(27-31)50-5/h6,12,15-16,19,21,24-27,29,33-34,39,44H,1,7-11,13-14,17-18,20,22-23H2,2-5H3/t33-,34+,39+/m1/s1. The number of piperidine rings is 1. The van der Waals surface area contributed by atoms with Crippen molar-refractivity contribution in [3.05, 3.63) is 83.9 Å². The van der Waals surface area contributed by atoms with E-state index in [-0.39, 0.29) is 29.1 Å². The lowest BCUT2D eigenvalue weighted by Gasteiger charge is -2.39. The number of carbonyl (C=O) groups excluding carboxylic acids is 2. The summed E-state index contributed by atoms with van der Waals surface area (Å²) in [6.45, 7) is 4.55. The number of likely N-dealkylation sites (tertiary alicyclic amines) is 1. The summed E-state index contributed by atoms with van der Waals surface area (Å²) in [4.78, 5) is 31.0. The molecule has 1 aliphatic heterocycles. The Labute approximate surface area is 307 Å². The van der Waals surface area contributed by atoms with Gasteiger partial charge in [-0.05, 0) is 104 Å². The quantitative estimate of drug-likeness (QED) is 0.117. The fourth-order valence-electron chi connectivity index (χ4n) is 7.60. The van der Waals surface area contributed by atoms with Gasteiger partial charge in [0.05, 0.1) is 34.4 Å². The number of amides is 1. The smallest absolute Gasteiger partial charge is 0.329 e. The summed E-state index contributed by atoms with van der Waals surface area (Å²) in [5, 5.41) is 10.7. The molecule has 280 valence electrons. The van der Waals surface area contributed by atoms with Crippen molar-refractivity contribution in [2.75, 3.05) is 41.6 Å². The zero-order chi connectivity index (χ0) is 37.0. The third-order valence-corrected chi connectivity index (χ3v) is 10.3. The Morgan fingerprint density at radius 2 is 1.52 bits per heavy atom. The van der Waals surface area contributed by atoms with Gasteiger partial charge < -0.3 is 38.4 Å². The number of benzene rings is 3. The van der Waals surface area contributed by atoms with Crippen molar-refractivity contribution < 1.29 is 43.1 Å². The van der Waals surface area contributed by atoms with Gasteiger partial charge in [0.2, 0.25) is 11.7 Å². The average molecular weight is 716 g/mol. The molecule has 2 aliphatic rings. The van der Waals surface area contributed by atoms with Crippen LogP contribution in [0.15, 0.2) is 67.3 Å². The fraction of sp³-hybridized carbons (Fsp3) is 0.476. The van der Waals surface area contributed by atoms with E-state index in [4.69, 9.17) is 28.4 Å². The molecule has 0 aromatic heterocycles. The third kappa shape index (κ3) is 9.13. The van der Waals surface area contributed by atoms with Crippen LogP contribution in [-0.4, -0.2) is 69.5 Å². The normalized spacial score (nSPS) is 17.4. The molecular formula is C42H53NO9. The second-order valence-corrected chi connectivity index (χ2v) is 13.5. The molecule has 1 N–H and O–H groups in total. The zero-order valence-corrected chi connectivity index (χ0v) is 30.9. The van der Waals surface area contributed by atoms with E-state index in [0.717, 1.165) is 56.1 Å². The fourth-order valence-corrected chi connectivity index (χ4v) is 7.60. The van der Waals surface area contributed by atoms with Crippen LogP contribution < -0.4 is 23.7 Å². The van der Waals surface area contributed by atoms with E-state index in [1.54, 1.807) is 37.3 Å². The van der Waals surface area contributed by atoms with Gasteiger partial charge in [-0.2, -0.15) is 0 Å². The number of aryl methyl sites for hydroxylation is 1. The molecule has 1 saturated carbocycles. The number of hydrogen-bond acceptors (Lipinski definition) is 9. The second kappa shape index (κ2) is 18.6. The van der Waals surface area contributed by atoms with Crippen LogP contribution in [0.25, 0.3) is 0 Å². The highest BCUT2D eigenvalue weighted by Gasteiger charge is 2.41. The van der Waals surface area contributed by atoms with Crippen molar-refractivity contribution in [3.8, 4) is 34.5 Å². The summed E-state index contributed by atoms with van der Waals surface area (Å²) in [6, 6.07) is 16.1. The van der Waals surface area contributed by atoms with Gasteiger partial charge >= 0.3 is 5.97 Å². The summed E-state index contributed by atoms with van der Waals surface area (Å²) in [5.41, 5.74) is 2.51. The molecule has 0 spiro atoms. The Morgan fingerprint density at radius 3 is 2.19 bits per heavy atom. The summed E-state index contributed by atoms with van der Waals surface area (Å²) in [6.07, 6.45) is 9.25. The molecule has 3 aromatic rings. The Hall–Kier alpha value is -4.86. The molecule has 2 fully saturated rings. The van der Waals surface area contributed by atoms with E-state index < -0.39 is 24.0 Å². The molecule has 10 heteroatoms. The number of phenols is 1. The number of rotatable bonds is 16. The van der Waals surface area contributed by atoms with Gasteiger partial charge in [0.25, 0.3) is 0 Å². The van der Waals surface area contributed by atoms with Crippen molar-refractivity contribution in [2.24, 2.45) is 5.92 Å². The Bertz CT molecular complexity index is 1640. The van der Waals surface area contributed by atoms with E-state index >= 15 is 0 Å². The zero-order valence-electron chi connectivity index (χ0n) is 30.9. The minimum absolute atomic E-state index is 0.0753. The van der Waals surface area contributed by atoms with E-state index in [0.29, 0.717) is 55.2 Å². The molecule has 0 bridgehead atoms. The van der Waals surface area contributed by atoms with Crippen molar-refractivity contribution in [1.82, 2.24) is 4.90 Å². The molecular weight excluding hydrogens is 662 g/mol. The van der Waals surface area contributed by atoms with Gasteiger partial charge in [-0.25, -0.2) is 4.79 Å². The van der Waals surface area contributed by atoms with Crippen molar-refractivity contribution in [2.45, 2.75) is 82.3 Å². The highest BCUT2D eigenvalue weighted by Crippen LogP contribution is 2.45. The predicted molar refractivity (Wildman–Crippen MR) is 199 cm³/mol. The van der Waals surface area contributed by atoms with Crippen LogP contribution >= 0.6 is 0 Å². The van der Waals surface area contributed by atoms with Crippen LogP contribution in [0.1, 0.15) is 86.5 Å². The molecule has 3 atom stereocenters. The summed E-state index contributed by atoms with van der Waals surface area (Å²) in [7, 11) is 6.17. The largest absolute Gasteiger partial charge is 0.502 e. The molecule has 1 saturated heterocycles. The molecule has 10 nitrogen and oxygen atoms in total. The molecule has 52 heavy (non-hydrogen) atoms. The summed E-state index contributed by atoms with van der Waals surface area (Å²) in [5.74, 6) is 1.30. The first-order valence-electron chi connectivity index (χ1n) is 18.3. The van der Waals surface area contributed by atoms with Gasteiger partial charge in [0, 0.05) is 6.54 Å². The third-order valence-electron chi connectivity index (χ3n) is 10.3. The molecule has 0 unspecified atom stereocenters. The number of esters is 1. The van der Waals surface area contributed by atoms with Crippen molar-refractivity contribution >= 4 is 11.9 Å². The number of nitrogens with zero attached hydrogens (tertiary/aromatic N) is 1. The molecule has 1 aliphatic carbocycles. The lowest BCUT2D eigenvalue weighted by atomic mass is 9.75. The lowest BCUT2D eigenvalue weighted by Crippen LogP contribution is -2.51. The molecule has 3 aromatic carbocycles. The number of carbonyl (C=O) groups is 2. The van der Waals surface area contributed by atoms with Gasteiger partial charge in [-0.3, -0.25) is 4.79 Å². The first kappa shape index (κ1) is 38.4. The van der Waals surface area contributed by atoms with Gasteiger partial charge in [-0.15, -0.1) is 0 Å². The van der Waals surface area contributed by atoms with Crippen LogP contribution in [0.4, 0.5) is 0 Å². The SMILES string of the molecule is C=CCOc1cccc([C@H](CCc2ccc(OC)c(OC)c2)OC(=O)[C@H]2CCCCN2C(=O)[C@H](c2cc(OC)c(O)c(OC)c2)C2CCCCC2)c1. The van der Waals surface area contributed by atoms with Crippen LogP contribution in [0, 0.1) is 5.92 Å². The van der Waals surface area contributed by atoms with Crippen LogP contribution in [0.5, 0.6) is 34.5 Å². The molecule has 5 rings (SSSR count). The van der Waals surface area contributed by atoms with E-state index in [1.807, 2.05) is 42.5 Å². The van der Waals surface area contributed by atoms with E-state index in [9.17, 15) is 14.7 Å². The van der Waals surface area contributed by atoms with Gasteiger partial charge in [-0.1, -0.05) is 50.1 Å². The predicted octanol–water partition coefficient (Wildman–Crippen LogP) is 7.95. The van der Waals surface area contributed by atoms with Gasteiger partial charge in [0.15, 0.2) is 23.0 Å². The van der Waals surface area contributed by atoms with Crippen molar-refractivity contribution in [1.29, 1.82) is 0 Å². The summed E-state index contributed by atoms with van der Waals surface area (Å²) >= 11 is 0. The first-order chi connectivity index (χ1) is 25.3. The monoisotopic (exact) mass is 715 g/mol. The average Bonchev–Trinajstić information content (AvgIpc) is 3.19. The maximum Gasteiger partial charge on any atom is 0.329 e. The van der Waals surface area contributed by atoms with E-state index in [2.05, 4.69) is 6.58 Å². The van der Waals surface area contributed by atoms with Gasteiger partial charge in [0.1, 0.15) is 24.5 Å². The number of ether oxygens (including phenoxy) is 6. The highest BCUT2D eigenvalue weighted by atomic mass is 16.5. The van der Waals surface area contributed by atoms with E-state index in [1.165, 1.54) is 14.2 Å². The Balaban J connectivity index is 1.44. The van der Waals surface area contributed by atoms with Crippen LogP contribution in [-0.2, 0) is 20.7 Å². The van der Waals surface area contributed by atoms with Crippen LogP contribution in [0.2, 0.25) is 0 Å². The molecule has 1 heterocycles. The maximum absolute atomic E-state index is 14.8. The topological polar surface area (TPSA) is 113 Å². The number of aromatic hydroxyl groups is 1. The Kier molecular flexibility index (Phi) is 13.7. The minimum Gasteiger partial charge on any atom is -0.502 e. The molecule has 1 amide bonds. The summed E-state index contributed by atoms with van der Waals surface area (Å²) < 4.78 is 34.2. The van der Waals surface area contributed by atoms with Crippen molar-refractivity contribution in [3.63, 3.8) is 0 Å². The second-order valence-electron chi connectivity index (χ2n) is 13.5.